The maximum absolute atomic E-state index is 11.3. The summed E-state index contributed by atoms with van der Waals surface area (Å²) in [5, 5.41) is 0. The summed E-state index contributed by atoms with van der Waals surface area (Å²) in [5.74, 6) is 2.18. The third-order valence-corrected chi connectivity index (χ3v) is 1.48. The predicted molar refractivity (Wildman–Crippen MR) is 46.3 cm³/mol. The zero-order valence-corrected chi connectivity index (χ0v) is 7.41. The Hall–Kier alpha value is -1.05. The van der Waals surface area contributed by atoms with Gasteiger partial charge in [-0.3, -0.25) is 4.79 Å². The molecule has 0 spiro atoms. The van der Waals surface area contributed by atoms with E-state index in [9.17, 15) is 4.79 Å². The lowest BCUT2D eigenvalue weighted by atomic mass is 10.3. The van der Waals surface area contributed by atoms with E-state index in [4.69, 9.17) is 16.9 Å². The van der Waals surface area contributed by atoms with E-state index < -0.39 is 6.10 Å². The Morgan fingerprint density at radius 2 is 2.42 bits per heavy atom. The molecule has 1 amide bonds. The van der Waals surface area contributed by atoms with Crippen LogP contribution in [0.5, 0.6) is 0 Å². The van der Waals surface area contributed by atoms with Gasteiger partial charge in [0.15, 0.2) is 0 Å². The lowest BCUT2D eigenvalue weighted by molar-refractivity contribution is -0.139. The summed E-state index contributed by atoms with van der Waals surface area (Å²) in [6.45, 7) is 0.447. The number of nitrogens with two attached hydrogens (primary N) is 1. The van der Waals surface area contributed by atoms with Crippen molar-refractivity contribution in [1.29, 1.82) is 0 Å². The summed E-state index contributed by atoms with van der Waals surface area (Å²) in [7, 11) is 3.06. The topological polar surface area (TPSA) is 55.6 Å². The zero-order valence-electron chi connectivity index (χ0n) is 7.41. The van der Waals surface area contributed by atoms with E-state index in [0.29, 0.717) is 0 Å². The predicted octanol–water partition coefficient (Wildman–Crippen LogP) is -0.948. The second-order valence-corrected chi connectivity index (χ2v) is 2.36. The Bertz CT molecular complexity index is 182. The summed E-state index contributed by atoms with van der Waals surface area (Å²) in [6.07, 6.45) is 4.45. The van der Waals surface area contributed by atoms with Crippen LogP contribution in [0.3, 0.4) is 0 Å². The Kier molecular flexibility index (Phi) is 5.09. The molecule has 0 heterocycles. The van der Waals surface area contributed by atoms with Gasteiger partial charge in [0.1, 0.15) is 6.10 Å². The molecule has 0 aromatic rings. The molecule has 0 aliphatic carbocycles. The maximum Gasteiger partial charge on any atom is 0.253 e. The largest absolute Gasteiger partial charge is 0.370 e. The van der Waals surface area contributed by atoms with Crippen LogP contribution >= 0.6 is 0 Å². The highest BCUT2D eigenvalue weighted by Gasteiger charge is 2.18. The fraction of sp³-hybridized carbons (Fsp3) is 0.625. The van der Waals surface area contributed by atoms with E-state index in [2.05, 4.69) is 5.92 Å². The molecule has 2 N–H and O–H groups in total. The highest BCUT2D eigenvalue weighted by Crippen LogP contribution is 1.93. The molecule has 0 aliphatic rings. The fourth-order valence-electron chi connectivity index (χ4n) is 0.759. The molecule has 0 radical (unpaired) electrons. The number of terminal acetylenes is 1. The fourth-order valence-corrected chi connectivity index (χ4v) is 0.759. The van der Waals surface area contributed by atoms with Gasteiger partial charge in [-0.25, -0.2) is 0 Å². The number of nitrogens with zero attached hydrogens (tertiary/aromatic N) is 1. The second kappa shape index (κ2) is 5.58. The van der Waals surface area contributed by atoms with Gasteiger partial charge in [0.05, 0.1) is 6.54 Å². The van der Waals surface area contributed by atoms with Gasteiger partial charge < -0.3 is 15.4 Å². The third-order valence-electron chi connectivity index (χ3n) is 1.48. The first kappa shape index (κ1) is 11.0. The van der Waals surface area contributed by atoms with Crippen LogP contribution in [0.15, 0.2) is 0 Å². The maximum atomic E-state index is 11.3. The molecule has 68 valence electrons. The number of rotatable bonds is 4. The SMILES string of the molecule is C#CCN(C)C(=O)C(CN)OC. The molecule has 4 nitrogen and oxygen atoms in total. The van der Waals surface area contributed by atoms with E-state index >= 15 is 0 Å². The third kappa shape index (κ3) is 2.91. The number of hydrogen-bond donors (Lipinski definition) is 1. The highest BCUT2D eigenvalue weighted by molar-refractivity contribution is 5.81. The van der Waals surface area contributed by atoms with Crippen LogP contribution in [0.4, 0.5) is 0 Å². The Labute approximate surface area is 72.7 Å². The summed E-state index contributed by atoms with van der Waals surface area (Å²) in [4.78, 5) is 12.7. The van der Waals surface area contributed by atoms with Gasteiger partial charge in [-0.15, -0.1) is 6.42 Å². The molecule has 12 heavy (non-hydrogen) atoms. The average Bonchev–Trinajstić information content (AvgIpc) is 2.07. The number of hydrogen-bond acceptors (Lipinski definition) is 3. The summed E-state index contributed by atoms with van der Waals surface area (Å²) in [6, 6.07) is 0. The van der Waals surface area contributed by atoms with Crippen molar-refractivity contribution in [3.63, 3.8) is 0 Å². The minimum Gasteiger partial charge on any atom is -0.370 e. The number of likely N-dealkylation sites (N-methyl/N-ethyl adjacent to an activating group) is 1. The first-order valence-electron chi connectivity index (χ1n) is 3.58. The van der Waals surface area contributed by atoms with E-state index in [1.165, 1.54) is 12.0 Å². The lowest BCUT2D eigenvalue weighted by Gasteiger charge is -2.19. The Balaban J connectivity index is 4.08. The van der Waals surface area contributed by atoms with E-state index in [1.807, 2.05) is 0 Å². The van der Waals surface area contributed by atoms with Crippen LogP contribution in [0.1, 0.15) is 0 Å². The van der Waals surface area contributed by atoms with Gasteiger partial charge in [-0.2, -0.15) is 0 Å². The molecule has 0 saturated heterocycles. The lowest BCUT2D eigenvalue weighted by Crippen LogP contribution is -2.41. The molecule has 0 aliphatic heterocycles. The van der Waals surface area contributed by atoms with Gasteiger partial charge in [-0.1, -0.05) is 5.92 Å². The number of amides is 1. The van der Waals surface area contributed by atoms with Crippen molar-refractivity contribution < 1.29 is 9.53 Å². The highest BCUT2D eigenvalue weighted by atomic mass is 16.5. The quantitative estimate of drug-likeness (QED) is 0.553. The number of methoxy groups -OCH3 is 1. The van der Waals surface area contributed by atoms with Crippen molar-refractivity contribution in [2.24, 2.45) is 5.73 Å². The van der Waals surface area contributed by atoms with Crippen LogP contribution in [0.2, 0.25) is 0 Å². The molecule has 0 bridgehead atoms. The minimum atomic E-state index is -0.580. The van der Waals surface area contributed by atoms with Crippen LogP contribution in [0.25, 0.3) is 0 Å². The molecule has 0 rings (SSSR count). The average molecular weight is 170 g/mol. The van der Waals surface area contributed by atoms with Gasteiger partial charge in [0.25, 0.3) is 5.91 Å². The minimum absolute atomic E-state index is 0.171. The first-order chi connectivity index (χ1) is 5.67. The van der Waals surface area contributed by atoms with E-state index in [1.54, 1.807) is 7.05 Å². The summed E-state index contributed by atoms with van der Waals surface area (Å²) < 4.78 is 4.84. The normalized spacial score (nSPS) is 11.8. The second-order valence-electron chi connectivity index (χ2n) is 2.36. The van der Waals surface area contributed by atoms with Crippen molar-refractivity contribution in [2.45, 2.75) is 6.10 Å². The van der Waals surface area contributed by atoms with Crippen molar-refractivity contribution in [3.8, 4) is 12.3 Å². The van der Waals surface area contributed by atoms with Gasteiger partial charge in [0.2, 0.25) is 0 Å². The molecule has 1 unspecified atom stereocenters. The Morgan fingerprint density at radius 1 is 1.83 bits per heavy atom. The van der Waals surface area contributed by atoms with Crippen LogP contribution in [-0.4, -0.2) is 44.2 Å². The van der Waals surface area contributed by atoms with Gasteiger partial charge >= 0.3 is 0 Å². The zero-order chi connectivity index (χ0) is 9.56. The summed E-state index contributed by atoms with van der Waals surface area (Å²) in [5.41, 5.74) is 5.29. The van der Waals surface area contributed by atoms with Gasteiger partial charge in [0, 0.05) is 20.7 Å². The van der Waals surface area contributed by atoms with Gasteiger partial charge in [-0.05, 0) is 0 Å². The van der Waals surface area contributed by atoms with Crippen molar-refractivity contribution in [2.75, 3.05) is 27.2 Å². The number of carbonyl (C=O) groups is 1. The van der Waals surface area contributed by atoms with E-state index in [0.717, 1.165) is 0 Å². The molecular weight excluding hydrogens is 156 g/mol. The molecule has 4 heteroatoms. The van der Waals surface area contributed by atoms with Crippen LogP contribution < -0.4 is 5.73 Å². The molecule has 0 fully saturated rings. The van der Waals surface area contributed by atoms with Crippen molar-refractivity contribution in [3.05, 3.63) is 0 Å². The summed E-state index contributed by atoms with van der Waals surface area (Å²) >= 11 is 0. The Morgan fingerprint density at radius 3 is 2.75 bits per heavy atom. The van der Waals surface area contributed by atoms with Crippen molar-refractivity contribution >= 4 is 5.91 Å². The molecule has 0 saturated carbocycles. The molecule has 0 aromatic carbocycles. The smallest absolute Gasteiger partial charge is 0.253 e. The molecule has 1 atom stereocenters. The first-order valence-corrected chi connectivity index (χ1v) is 3.58. The molecule has 0 aromatic heterocycles. The standard InChI is InChI=1S/C8H14N2O2/c1-4-5-10(2)8(11)7(6-9)12-3/h1,7H,5-6,9H2,2-3H3. The number of ether oxygens (including phenoxy) is 1. The van der Waals surface area contributed by atoms with Crippen molar-refractivity contribution in [1.82, 2.24) is 4.90 Å². The van der Waals surface area contributed by atoms with Crippen LogP contribution in [-0.2, 0) is 9.53 Å². The van der Waals surface area contributed by atoms with Crippen LogP contribution in [0, 0.1) is 12.3 Å². The monoisotopic (exact) mass is 170 g/mol. The van der Waals surface area contributed by atoms with E-state index in [-0.39, 0.29) is 19.0 Å². The number of carbonyl (C=O) groups excluding carboxylic acids is 1. The molecular formula is C8H14N2O2.